The first-order valence-electron chi connectivity index (χ1n) is 7.87. The highest BCUT2D eigenvalue weighted by molar-refractivity contribution is 5.75. The zero-order chi connectivity index (χ0) is 14.0. The van der Waals surface area contributed by atoms with Gasteiger partial charge in [0.25, 0.3) is 0 Å². The molecule has 20 heavy (non-hydrogen) atoms. The minimum absolute atomic E-state index is 0.529. The number of benzene rings is 1. The number of rotatable bonds is 6. The molecule has 1 N–H and O–H groups in total. The van der Waals surface area contributed by atoms with Crippen LogP contribution < -0.4 is 5.32 Å². The quantitative estimate of drug-likeness (QED) is 0.867. The molecule has 0 aliphatic heterocycles. The largest absolute Gasteiger partial charge is 0.327 e. The third kappa shape index (κ3) is 2.59. The fourth-order valence-electron chi connectivity index (χ4n) is 3.17. The molecule has 1 aliphatic carbocycles. The van der Waals surface area contributed by atoms with Gasteiger partial charge >= 0.3 is 0 Å². The van der Waals surface area contributed by atoms with Crippen LogP contribution in [-0.2, 0) is 13.1 Å². The van der Waals surface area contributed by atoms with E-state index in [0.717, 1.165) is 31.6 Å². The first-order chi connectivity index (χ1) is 9.72. The fourth-order valence-corrected chi connectivity index (χ4v) is 3.17. The van der Waals surface area contributed by atoms with Crippen molar-refractivity contribution >= 4 is 11.0 Å². The van der Waals surface area contributed by atoms with Crippen molar-refractivity contribution < 1.29 is 0 Å². The molecule has 1 fully saturated rings. The van der Waals surface area contributed by atoms with Crippen molar-refractivity contribution in [3.63, 3.8) is 0 Å². The van der Waals surface area contributed by atoms with Gasteiger partial charge in [-0.3, -0.25) is 0 Å². The lowest BCUT2D eigenvalue weighted by atomic mass is 9.70. The molecule has 108 valence electrons. The van der Waals surface area contributed by atoms with Gasteiger partial charge in [0.2, 0.25) is 0 Å². The molecule has 0 unspecified atom stereocenters. The maximum absolute atomic E-state index is 4.80. The highest BCUT2D eigenvalue weighted by Crippen LogP contribution is 2.39. The van der Waals surface area contributed by atoms with E-state index in [1.54, 1.807) is 0 Å². The number of para-hydroxylation sites is 2. The van der Waals surface area contributed by atoms with Gasteiger partial charge in [-0.1, -0.05) is 32.4 Å². The highest BCUT2D eigenvalue weighted by Gasteiger charge is 2.31. The third-order valence-corrected chi connectivity index (χ3v) is 4.58. The molecule has 0 amide bonds. The molecule has 1 aromatic heterocycles. The van der Waals surface area contributed by atoms with Crippen molar-refractivity contribution in [1.29, 1.82) is 0 Å². The van der Waals surface area contributed by atoms with Crippen LogP contribution in [0.25, 0.3) is 11.0 Å². The number of fused-ring (bicyclic) bond motifs is 1. The Hall–Kier alpha value is -1.35. The van der Waals surface area contributed by atoms with E-state index in [-0.39, 0.29) is 0 Å². The topological polar surface area (TPSA) is 29.9 Å². The molecule has 1 aliphatic rings. The smallest absolute Gasteiger partial charge is 0.123 e. The van der Waals surface area contributed by atoms with Crippen LogP contribution in [0.15, 0.2) is 24.3 Å². The van der Waals surface area contributed by atoms with Gasteiger partial charge in [-0.2, -0.15) is 0 Å². The molecule has 0 atom stereocenters. The Labute approximate surface area is 121 Å². The van der Waals surface area contributed by atoms with Gasteiger partial charge in [0.05, 0.1) is 17.6 Å². The highest BCUT2D eigenvalue weighted by atomic mass is 15.1. The SMILES string of the molecule is CCCn1c(CNCC2(C)CCC2)nc2ccccc21. The Balaban J connectivity index is 1.74. The van der Waals surface area contributed by atoms with Gasteiger partial charge in [0.1, 0.15) is 5.82 Å². The summed E-state index contributed by atoms with van der Waals surface area (Å²) in [4.78, 5) is 4.80. The lowest BCUT2D eigenvalue weighted by Gasteiger charge is -2.38. The lowest BCUT2D eigenvalue weighted by Crippen LogP contribution is -2.37. The van der Waals surface area contributed by atoms with E-state index in [9.17, 15) is 0 Å². The van der Waals surface area contributed by atoms with Crippen LogP contribution >= 0.6 is 0 Å². The summed E-state index contributed by atoms with van der Waals surface area (Å²) < 4.78 is 2.37. The molecule has 0 spiro atoms. The summed E-state index contributed by atoms with van der Waals surface area (Å²) in [5.41, 5.74) is 2.91. The minimum atomic E-state index is 0.529. The number of nitrogens with zero attached hydrogens (tertiary/aromatic N) is 2. The number of imidazole rings is 1. The number of aryl methyl sites for hydroxylation is 1. The summed E-state index contributed by atoms with van der Waals surface area (Å²) in [6.07, 6.45) is 5.27. The maximum atomic E-state index is 4.80. The normalized spacial score (nSPS) is 17.3. The molecule has 1 saturated carbocycles. The fraction of sp³-hybridized carbons (Fsp3) is 0.588. The second-order valence-electron chi connectivity index (χ2n) is 6.44. The Morgan fingerprint density at radius 1 is 1.30 bits per heavy atom. The van der Waals surface area contributed by atoms with Crippen LogP contribution in [0, 0.1) is 5.41 Å². The van der Waals surface area contributed by atoms with Gasteiger partial charge < -0.3 is 9.88 Å². The summed E-state index contributed by atoms with van der Waals surface area (Å²) in [5.74, 6) is 1.18. The molecular formula is C17H25N3. The molecule has 2 aromatic rings. The summed E-state index contributed by atoms with van der Waals surface area (Å²) in [6, 6.07) is 8.45. The predicted octanol–water partition coefficient (Wildman–Crippen LogP) is 3.73. The summed E-state index contributed by atoms with van der Waals surface area (Å²) in [7, 11) is 0. The van der Waals surface area contributed by atoms with Gasteiger partial charge in [0.15, 0.2) is 0 Å². The maximum Gasteiger partial charge on any atom is 0.123 e. The molecule has 0 saturated heterocycles. The van der Waals surface area contributed by atoms with Gasteiger partial charge in [-0.15, -0.1) is 0 Å². The Kier molecular flexibility index (Phi) is 3.79. The third-order valence-electron chi connectivity index (χ3n) is 4.58. The summed E-state index contributed by atoms with van der Waals surface area (Å²) in [6.45, 7) is 7.65. The number of hydrogen-bond donors (Lipinski definition) is 1. The Morgan fingerprint density at radius 3 is 2.80 bits per heavy atom. The Bertz CT molecular complexity index is 581. The van der Waals surface area contributed by atoms with E-state index in [4.69, 9.17) is 4.98 Å². The van der Waals surface area contributed by atoms with E-state index in [1.165, 1.54) is 30.6 Å². The van der Waals surface area contributed by atoms with Crippen molar-refractivity contribution in [3.05, 3.63) is 30.1 Å². The van der Waals surface area contributed by atoms with Crippen LogP contribution in [0.5, 0.6) is 0 Å². The zero-order valence-corrected chi connectivity index (χ0v) is 12.7. The van der Waals surface area contributed by atoms with Crippen LogP contribution in [0.1, 0.15) is 45.4 Å². The van der Waals surface area contributed by atoms with Gasteiger partial charge in [-0.05, 0) is 36.8 Å². The van der Waals surface area contributed by atoms with E-state index in [2.05, 4.69) is 48.0 Å². The van der Waals surface area contributed by atoms with Gasteiger partial charge in [-0.25, -0.2) is 4.98 Å². The second-order valence-corrected chi connectivity index (χ2v) is 6.44. The first-order valence-corrected chi connectivity index (χ1v) is 7.87. The van der Waals surface area contributed by atoms with Crippen LogP contribution in [0.2, 0.25) is 0 Å². The minimum Gasteiger partial charge on any atom is -0.327 e. The standard InChI is InChI=1S/C17H25N3/c1-3-11-20-15-8-5-4-7-14(15)19-16(20)12-18-13-17(2)9-6-10-17/h4-5,7-8,18H,3,6,9-13H2,1-2H3. The van der Waals surface area contributed by atoms with Crippen molar-refractivity contribution in [2.24, 2.45) is 5.41 Å². The average Bonchev–Trinajstić information content (AvgIpc) is 2.76. The molecule has 0 radical (unpaired) electrons. The zero-order valence-electron chi connectivity index (χ0n) is 12.7. The van der Waals surface area contributed by atoms with Crippen LogP contribution in [-0.4, -0.2) is 16.1 Å². The number of hydrogen-bond acceptors (Lipinski definition) is 2. The monoisotopic (exact) mass is 271 g/mol. The molecule has 0 bridgehead atoms. The molecule has 3 rings (SSSR count). The Morgan fingerprint density at radius 2 is 2.10 bits per heavy atom. The van der Waals surface area contributed by atoms with Crippen molar-refractivity contribution in [1.82, 2.24) is 14.9 Å². The molecule has 3 nitrogen and oxygen atoms in total. The van der Waals surface area contributed by atoms with E-state index >= 15 is 0 Å². The van der Waals surface area contributed by atoms with Gasteiger partial charge in [0, 0.05) is 13.1 Å². The number of nitrogens with one attached hydrogen (secondary N) is 1. The molecule has 3 heteroatoms. The molecule has 1 aromatic carbocycles. The molecular weight excluding hydrogens is 246 g/mol. The van der Waals surface area contributed by atoms with E-state index in [1.807, 2.05) is 0 Å². The first kappa shape index (κ1) is 13.6. The second kappa shape index (κ2) is 5.57. The van der Waals surface area contributed by atoms with E-state index < -0.39 is 0 Å². The summed E-state index contributed by atoms with van der Waals surface area (Å²) >= 11 is 0. The van der Waals surface area contributed by atoms with E-state index in [0.29, 0.717) is 5.41 Å². The predicted molar refractivity (Wildman–Crippen MR) is 83.7 cm³/mol. The average molecular weight is 271 g/mol. The van der Waals surface area contributed by atoms with Crippen molar-refractivity contribution in [3.8, 4) is 0 Å². The van der Waals surface area contributed by atoms with Crippen molar-refractivity contribution in [2.45, 2.75) is 52.6 Å². The number of aromatic nitrogens is 2. The molecule has 1 heterocycles. The van der Waals surface area contributed by atoms with Crippen LogP contribution in [0.4, 0.5) is 0 Å². The van der Waals surface area contributed by atoms with Crippen molar-refractivity contribution in [2.75, 3.05) is 6.54 Å². The lowest BCUT2D eigenvalue weighted by molar-refractivity contribution is 0.156. The summed E-state index contributed by atoms with van der Waals surface area (Å²) in [5, 5.41) is 3.62. The van der Waals surface area contributed by atoms with Crippen LogP contribution in [0.3, 0.4) is 0 Å².